The molecule has 0 amide bonds. The minimum atomic E-state index is -3.71. The van der Waals surface area contributed by atoms with Crippen LogP contribution in [0.5, 0.6) is 0 Å². The Bertz CT molecular complexity index is 747. The number of nitro benzene ring substituents is 1. The second-order valence-corrected chi connectivity index (χ2v) is 8.91. The summed E-state index contributed by atoms with van der Waals surface area (Å²) in [6.07, 6.45) is 5.03. The van der Waals surface area contributed by atoms with E-state index >= 15 is 0 Å². The fourth-order valence-corrected chi connectivity index (χ4v) is 6.34. The lowest BCUT2D eigenvalue weighted by Crippen LogP contribution is -2.52. The van der Waals surface area contributed by atoms with E-state index in [-0.39, 0.29) is 22.2 Å². The molecule has 3 rings (SSSR count). The molecule has 132 valence electrons. The van der Waals surface area contributed by atoms with Crippen LogP contribution in [-0.2, 0) is 10.0 Å². The fourth-order valence-electron chi connectivity index (χ4n) is 4.38. The van der Waals surface area contributed by atoms with E-state index in [0.29, 0.717) is 18.4 Å². The molecule has 0 aromatic heterocycles. The number of piperidine rings is 1. The summed E-state index contributed by atoms with van der Waals surface area (Å²) < 4.78 is 28.1. The first-order valence-electron chi connectivity index (χ1n) is 8.60. The van der Waals surface area contributed by atoms with Crippen molar-refractivity contribution in [1.29, 1.82) is 0 Å². The number of nitrogens with zero attached hydrogens (tertiary/aromatic N) is 2. The average Bonchev–Trinajstić information content (AvgIpc) is 2.55. The normalized spacial score (nSPS) is 28.3. The van der Waals surface area contributed by atoms with Gasteiger partial charge in [-0.15, -0.1) is 0 Å². The van der Waals surface area contributed by atoms with Gasteiger partial charge in [0.15, 0.2) is 0 Å². The smallest absolute Gasteiger partial charge is 0.258 e. The molecule has 1 saturated carbocycles. The number of nitro groups is 1. The van der Waals surface area contributed by atoms with Crippen molar-refractivity contribution in [1.82, 2.24) is 4.31 Å². The molecular formula is C17H24N2O4S. The Morgan fingerprint density at radius 2 is 1.92 bits per heavy atom. The summed E-state index contributed by atoms with van der Waals surface area (Å²) in [7, 11) is -3.71. The second-order valence-electron chi connectivity index (χ2n) is 7.05. The summed E-state index contributed by atoms with van der Waals surface area (Å²) in [5, 5.41) is 11.1. The molecule has 0 spiro atoms. The van der Waals surface area contributed by atoms with E-state index < -0.39 is 14.9 Å². The minimum Gasteiger partial charge on any atom is -0.258 e. The zero-order chi connectivity index (χ0) is 17.5. The maximum Gasteiger partial charge on any atom is 0.273 e. The Morgan fingerprint density at radius 3 is 2.62 bits per heavy atom. The number of sulfonamides is 1. The van der Waals surface area contributed by atoms with Crippen LogP contribution >= 0.6 is 0 Å². The third kappa shape index (κ3) is 2.84. The van der Waals surface area contributed by atoms with E-state index in [0.717, 1.165) is 32.1 Å². The van der Waals surface area contributed by atoms with Crippen molar-refractivity contribution in [2.45, 2.75) is 56.9 Å². The zero-order valence-electron chi connectivity index (χ0n) is 14.1. The van der Waals surface area contributed by atoms with Crippen LogP contribution in [0.4, 0.5) is 5.69 Å². The van der Waals surface area contributed by atoms with E-state index in [2.05, 4.69) is 6.92 Å². The van der Waals surface area contributed by atoms with Crippen molar-refractivity contribution >= 4 is 15.7 Å². The van der Waals surface area contributed by atoms with Crippen molar-refractivity contribution in [3.05, 3.63) is 33.9 Å². The monoisotopic (exact) mass is 352 g/mol. The Balaban J connectivity index is 2.01. The van der Waals surface area contributed by atoms with Gasteiger partial charge >= 0.3 is 0 Å². The van der Waals surface area contributed by atoms with E-state index in [1.807, 2.05) is 0 Å². The highest BCUT2D eigenvalue weighted by Gasteiger charge is 2.43. The lowest BCUT2D eigenvalue weighted by Gasteiger charge is -2.46. The van der Waals surface area contributed by atoms with Gasteiger partial charge < -0.3 is 0 Å². The lowest BCUT2D eigenvalue weighted by atomic mass is 9.74. The molecule has 1 aromatic carbocycles. The van der Waals surface area contributed by atoms with E-state index in [1.165, 1.54) is 25.1 Å². The predicted molar refractivity (Wildman–Crippen MR) is 91.3 cm³/mol. The number of hydrogen-bond acceptors (Lipinski definition) is 4. The van der Waals surface area contributed by atoms with Gasteiger partial charge in [-0.3, -0.25) is 10.1 Å². The van der Waals surface area contributed by atoms with Crippen LogP contribution in [0.1, 0.15) is 44.6 Å². The third-order valence-corrected chi connectivity index (χ3v) is 7.79. The summed E-state index contributed by atoms with van der Waals surface area (Å²) in [5.41, 5.74) is 0.0927. The largest absolute Gasteiger partial charge is 0.273 e. The Labute approximate surface area is 143 Å². The van der Waals surface area contributed by atoms with Gasteiger partial charge in [-0.25, -0.2) is 8.42 Å². The van der Waals surface area contributed by atoms with Crippen molar-refractivity contribution in [3.8, 4) is 0 Å². The Hall–Kier alpha value is -1.47. The van der Waals surface area contributed by atoms with E-state index in [1.54, 1.807) is 4.31 Å². The molecule has 0 radical (unpaired) electrons. The molecule has 2 aliphatic rings. The number of fused-ring (bicyclic) bond motifs is 1. The fraction of sp³-hybridized carbons (Fsp3) is 0.647. The van der Waals surface area contributed by atoms with Gasteiger partial charge in [-0.05, 0) is 44.1 Å². The summed E-state index contributed by atoms with van der Waals surface area (Å²) in [4.78, 5) is 10.7. The van der Waals surface area contributed by atoms with Crippen molar-refractivity contribution < 1.29 is 13.3 Å². The third-order valence-electron chi connectivity index (χ3n) is 5.73. The first-order valence-corrected chi connectivity index (χ1v) is 10.0. The lowest BCUT2D eigenvalue weighted by molar-refractivity contribution is -0.385. The molecule has 1 saturated heterocycles. The van der Waals surface area contributed by atoms with Gasteiger partial charge in [0.1, 0.15) is 0 Å². The molecule has 1 aliphatic heterocycles. The van der Waals surface area contributed by atoms with Gasteiger partial charge in [0.2, 0.25) is 10.0 Å². The van der Waals surface area contributed by atoms with Gasteiger partial charge in [-0.1, -0.05) is 25.8 Å². The van der Waals surface area contributed by atoms with Crippen molar-refractivity contribution in [2.75, 3.05) is 6.54 Å². The predicted octanol–water partition coefficient (Wildman–Crippen LogP) is 3.49. The molecular weight excluding hydrogens is 328 g/mol. The first-order chi connectivity index (χ1) is 11.3. The maximum absolute atomic E-state index is 13.2. The molecule has 6 nitrogen and oxygen atoms in total. The molecule has 0 bridgehead atoms. The molecule has 2 fully saturated rings. The summed E-state index contributed by atoms with van der Waals surface area (Å²) >= 11 is 0. The summed E-state index contributed by atoms with van der Waals surface area (Å²) in [5.74, 6) is 0.939. The highest BCUT2D eigenvalue weighted by atomic mass is 32.2. The van der Waals surface area contributed by atoms with Crippen molar-refractivity contribution in [3.63, 3.8) is 0 Å². The zero-order valence-corrected chi connectivity index (χ0v) is 15.0. The van der Waals surface area contributed by atoms with Gasteiger partial charge in [0.05, 0.1) is 9.82 Å². The van der Waals surface area contributed by atoms with Crippen LogP contribution in [0.25, 0.3) is 0 Å². The van der Waals surface area contributed by atoms with Gasteiger partial charge in [-0.2, -0.15) is 4.31 Å². The SMILES string of the molecule is Cc1c([N+](=O)[O-])cccc1S(=O)(=O)N1CCC(C)C2CCCCC21. The molecule has 3 unspecified atom stereocenters. The highest BCUT2D eigenvalue weighted by Crippen LogP contribution is 2.41. The van der Waals surface area contributed by atoms with Gasteiger partial charge in [0.25, 0.3) is 5.69 Å². The van der Waals surface area contributed by atoms with Crippen LogP contribution in [0, 0.1) is 28.9 Å². The first kappa shape index (κ1) is 17.4. The molecule has 3 atom stereocenters. The van der Waals surface area contributed by atoms with Crippen LogP contribution in [-0.4, -0.2) is 30.2 Å². The molecule has 1 heterocycles. The van der Waals surface area contributed by atoms with Crippen LogP contribution < -0.4 is 0 Å². The van der Waals surface area contributed by atoms with Crippen LogP contribution in [0.2, 0.25) is 0 Å². The minimum absolute atomic E-state index is 0.0335. The molecule has 1 aromatic rings. The maximum atomic E-state index is 13.2. The molecule has 0 N–H and O–H groups in total. The van der Waals surface area contributed by atoms with Crippen LogP contribution in [0.15, 0.2) is 23.1 Å². The Kier molecular flexibility index (Phi) is 4.66. The molecule has 7 heteroatoms. The standard InChI is InChI=1S/C17H24N2O4S/c1-12-10-11-18(16-7-4-3-6-14(12)16)24(22,23)17-9-5-8-15(13(17)2)19(20)21/h5,8-9,12,14,16H,3-4,6-7,10-11H2,1-2H3. The number of rotatable bonds is 3. The average molecular weight is 352 g/mol. The second kappa shape index (κ2) is 6.44. The quantitative estimate of drug-likeness (QED) is 0.616. The molecule has 24 heavy (non-hydrogen) atoms. The molecule has 1 aliphatic carbocycles. The summed E-state index contributed by atoms with van der Waals surface area (Å²) in [6, 6.07) is 4.35. The van der Waals surface area contributed by atoms with Crippen LogP contribution in [0.3, 0.4) is 0 Å². The van der Waals surface area contributed by atoms with E-state index in [9.17, 15) is 18.5 Å². The van der Waals surface area contributed by atoms with Gasteiger partial charge in [0, 0.05) is 24.2 Å². The number of benzene rings is 1. The highest BCUT2D eigenvalue weighted by molar-refractivity contribution is 7.89. The Morgan fingerprint density at radius 1 is 1.21 bits per heavy atom. The number of hydrogen-bond donors (Lipinski definition) is 0. The van der Waals surface area contributed by atoms with Crippen molar-refractivity contribution in [2.24, 2.45) is 11.8 Å². The topological polar surface area (TPSA) is 80.5 Å². The van der Waals surface area contributed by atoms with E-state index in [4.69, 9.17) is 0 Å². The summed E-state index contributed by atoms with van der Waals surface area (Å²) in [6.45, 7) is 4.24.